The first kappa shape index (κ1) is 12.5. The van der Waals surface area contributed by atoms with Crippen LogP contribution in [0.4, 0.5) is 21.5 Å². The number of halogens is 2. The number of benzene rings is 2. The van der Waals surface area contributed by atoms with Crippen molar-refractivity contribution in [1.29, 1.82) is 0 Å². The van der Waals surface area contributed by atoms with E-state index in [1.54, 1.807) is 31.4 Å². The van der Waals surface area contributed by atoms with Crippen LogP contribution >= 0.6 is 11.6 Å². The normalized spacial score (nSPS) is 10.2. The van der Waals surface area contributed by atoms with Gasteiger partial charge >= 0.3 is 0 Å². The fourth-order valence-corrected chi connectivity index (χ4v) is 1.71. The minimum absolute atomic E-state index is 0.0717. The van der Waals surface area contributed by atoms with Crippen LogP contribution in [0, 0.1) is 5.82 Å². The Bertz CT molecular complexity index is 575. The zero-order valence-corrected chi connectivity index (χ0v) is 10.5. The molecule has 0 bridgehead atoms. The van der Waals surface area contributed by atoms with Gasteiger partial charge in [0.15, 0.2) is 0 Å². The number of nitrogens with two attached hydrogens (primary N) is 1. The summed E-state index contributed by atoms with van der Waals surface area (Å²) in [7, 11) is 1.55. The molecule has 0 aliphatic carbocycles. The molecule has 0 aromatic heterocycles. The maximum Gasteiger partial charge on any atom is 0.143 e. The third-order valence-corrected chi connectivity index (χ3v) is 2.73. The van der Waals surface area contributed by atoms with Gasteiger partial charge in [-0.2, -0.15) is 0 Å². The van der Waals surface area contributed by atoms with Crippen molar-refractivity contribution in [3.63, 3.8) is 0 Å². The Morgan fingerprint density at radius 1 is 1.17 bits per heavy atom. The molecule has 0 radical (unpaired) electrons. The molecule has 5 heteroatoms. The van der Waals surface area contributed by atoms with E-state index in [1.807, 2.05) is 0 Å². The summed E-state index contributed by atoms with van der Waals surface area (Å²) in [6, 6.07) is 9.71. The summed E-state index contributed by atoms with van der Waals surface area (Å²) in [5.41, 5.74) is 7.74. The number of rotatable bonds is 3. The minimum atomic E-state index is -0.447. The van der Waals surface area contributed by atoms with Crippen LogP contribution in [0.3, 0.4) is 0 Å². The van der Waals surface area contributed by atoms with Crippen LogP contribution in [0.1, 0.15) is 0 Å². The van der Waals surface area contributed by atoms with E-state index in [-0.39, 0.29) is 5.02 Å². The molecule has 0 aliphatic heterocycles. The second-order valence-corrected chi connectivity index (χ2v) is 4.12. The Kier molecular flexibility index (Phi) is 3.58. The zero-order valence-electron chi connectivity index (χ0n) is 9.71. The number of ether oxygens (including phenoxy) is 1. The third-order valence-electron chi connectivity index (χ3n) is 2.44. The van der Waals surface area contributed by atoms with Gasteiger partial charge in [0.1, 0.15) is 11.6 Å². The van der Waals surface area contributed by atoms with Crippen LogP contribution in [-0.2, 0) is 0 Å². The van der Waals surface area contributed by atoms with Gasteiger partial charge < -0.3 is 15.8 Å². The van der Waals surface area contributed by atoms with E-state index in [0.29, 0.717) is 17.1 Å². The van der Waals surface area contributed by atoms with Gasteiger partial charge in [0.2, 0.25) is 0 Å². The molecule has 0 unspecified atom stereocenters. The maximum absolute atomic E-state index is 13.0. The van der Waals surface area contributed by atoms with Crippen molar-refractivity contribution < 1.29 is 9.13 Å². The van der Waals surface area contributed by atoms with E-state index in [9.17, 15) is 4.39 Å². The highest BCUT2D eigenvalue weighted by molar-refractivity contribution is 6.31. The molecule has 0 aliphatic rings. The standard InChI is InChI=1S/C13H12ClFN2O/c1-18-13-7-9(3-5-12(13)16)17-8-2-4-11(15)10(14)6-8/h2-7,17H,16H2,1H3. The highest BCUT2D eigenvalue weighted by Gasteiger charge is 2.03. The van der Waals surface area contributed by atoms with Gasteiger partial charge in [-0.25, -0.2) is 4.39 Å². The molecule has 18 heavy (non-hydrogen) atoms. The molecular formula is C13H12ClFN2O. The van der Waals surface area contributed by atoms with Crippen molar-refractivity contribution in [2.75, 3.05) is 18.2 Å². The van der Waals surface area contributed by atoms with Gasteiger partial charge in [0.25, 0.3) is 0 Å². The molecule has 0 atom stereocenters. The first-order valence-electron chi connectivity index (χ1n) is 5.26. The Morgan fingerprint density at radius 2 is 1.83 bits per heavy atom. The zero-order chi connectivity index (χ0) is 13.1. The van der Waals surface area contributed by atoms with Gasteiger partial charge in [-0.15, -0.1) is 0 Å². The van der Waals surface area contributed by atoms with Crippen molar-refractivity contribution in [3.05, 3.63) is 47.2 Å². The Morgan fingerprint density at radius 3 is 2.50 bits per heavy atom. The van der Waals surface area contributed by atoms with Crippen LogP contribution in [-0.4, -0.2) is 7.11 Å². The number of hydrogen-bond donors (Lipinski definition) is 2. The van der Waals surface area contributed by atoms with E-state index in [0.717, 1.165) is 5.69 Å². The summed E-state index contributed by atoms with van der Waals surface area (Å²) in [5.74, 6) is 0.130. The van der Waals surface area contributed by atoms with E-state index < -0.39 is 5.82 Å². The molecule has 0 amide bonds. The number of nitrogens with one attached hydrogen (secondary N) is 1. The van der Waals surface area contributed by atoms with Crippen LogP contribution in [0.15, 0.2) is 36.4 Å². The fourth-order valence-electron chi connectivity index (χ4n) is 1.53. The fraction of sp³-hybridized carbons (Fsp3) is 0.0769. The molecule has 0 spiro atoms. The van der Waals surface area contributed by atoms with E-state index >= 15 is 0 Å². The molecule has 3 nitrogen and oxygen atoms in total. The second-order valence-electron chi connectivity index (χ2n) is 3.71. The lowest BCUT2D eigenvalue weighted by atomic mass is 10.2. The Labute approximate surface area is 109 Å². The number of hydrogen-bond acceptors (Lipinski definition) is 3. The molecule has 94 valence electrons. The summed E-state index contributed by atoms with van der Waals surface area (Å²) in [6.45, 7) is 0. The average molecular weight is 267 g/mol. The highest BCUT2D eigenvalue weighted by atomic mass is 35.5. The summed E-state index contributed by atoms with van der Waals surface area (Å²) >= 11 is 5.70. The van der Waals surface area contributed by atoms with Crippen LogP contribution in [0.5, 0.6) is 5.75 Å². The number of nitrogen functional groups attached to an aromatic ring is 1. The molecule has 2 rings (SSSR count). The third kappa shape index (κ3) is 2.65. The van der Waals surface area contributed by atoms with Crippen LogP contribution in [0.25, 0.3) is 0 Å². The summed E-state index contributed by atoms with van der Waals surface area (Å²) in [5, 5.41) is 3.16. The van der Waals surface area contributed by atoms with Crippen molar-refractivity contribution in [1.82, 2.24) is 0 Å². The Hall–Kier alpha value is -1.94. The lowest BCUT2D eigenvalue weighted by Crippen LogP contribution is -1.95. The van der Waals surface area contributed by atoms with Gasteiger partial charge in [0.05, 0.1) is 17.8 Å². The van der Waals surface area contributed by atoms with Gasteiger partial charge in [-0.1, -0.05) is 11.6 Å². The summed E-state index contributed by atoms with van der Waals surface area (Å²) < 4.78 is 18.1. The predicted molar refractivity (Wildman–Crippen MR) is 72.1 cm³/mol. The molecule has 0 heterocycles. The van der Waals surface area contributed by atoms with Crippen LogP contribution < -0.4 is 15.8 Å². The lowest BCUT2D eigenvalue weighted by molar-refractivity contribution is 0.417. The maximum atomic E-state index is 13.0. The van der Waals surface area contributed by atoms with E-state index in [4.69, 9.17) is 22.1 Å². The van der Waals surface area contributed by atoms with Gasteiger partial charge in [-0.05, 0) is 30.3 Å². The van der Waals surface area contributed by atoms with E-state index in [2.05, 4.69) is 5.32 Å². The monoisotopic (exact) mass is 266 g/mol. The summed E-state index contributed by atoms with van der Waals surface area (Å²) in [4.78, 5) is 0. The first-order chi connectivity index (χ1) is 8.60. The van der Waals surface area contributed by atoms with Crippen LogP contribution in [0.2, 0.25) is 5.02 Å². The smallest absolute Gasteiger partial charge is 0.143 e. The second kappa shape index (κ2) is 5.14. The molecule has 2 aromatic carbocycles. The molecule has 2 aromatic rings. The topological polar surface area (TPSA) is 47.3 Å². The highest BCUT2D eigenvalue weighted by Crippen LogP contribution is 2.28. The Balaban J connectivity index is 2.25. The minimum Gasteiger partial charge on any atom is -0.495 e. The lowest BCUT2D eigenvalue weighted by Gasteiger charge is -2.10. The predicted octanol–water partition coefficient (Wildman–Crippen LogP) is 3.81. The number of anilines is 3. The molecule has 3 N–H and O–H groups in total. The molecule has 0 saturated carbocycles. The van der Waals surface area contributed by atoms with Crippen molar-refractivity contribution in [2.45, 2.75) is 0 Å². The van der Waals surface area contributed by atoms with Crippen molar-refractivity contribution in [3.8, 4) is 5.75 Å². The largest absolute Gasteiger partial charge is 0.495 e. The molecular weight excluding hydrogens is 255 g/mol. The number of methoxy groups -OCH3 is 1. The van der Waals surface area contributed by atoms with E-state index in [1.165, 1.54) is 12.1 Å². The average Bonchev–Trinajstić information content (AvgIpc) is 2.36. The van der Waals surface area contributed by atoms with Crippen molar-refractivity contribution >= 4 is 28.7 Å². The quantitative estimate of drug-likeness (QED) is 0.831. The van der Waals surface area contributed by atoms with Gasteiger partial charge in [0, 0.05) is 17.4 Å². The molecule has 0 fully saturated rings. The SMILES string of the molecule is COc1cc(Nc2ccc(F)c(Cl)c2)ccc1N. The van der Waals surface area contributed by atoms with Gasteiger partial charge in [-0.3, -0.25) is 0 Å². The summed E-state index contributed by atoms with van der Waals surface area (Å²) in [6.07, 6.45) is 0. The molecule has 0 saturated heterocycles. The first-order valence-corrected chi connectivity index (χ1v) is 5.63. The van der Waals surface area contributed by atoms with Crippen molar-refractivity contribution in [2.24, 2.45) is 0 Å².